The number of anilines is 1. The Hall–Kier alpha value is -4.17. The summed E-state index contributed by atoms with van der Waals surface area (Å²) in [5, 5.41) is 2.59. The van der Waals surface area contributed by atoms with Crippen LogP contribution in [0.25, 0.3) is 17.4 Å². The molecule has 1 fully saturated rings. The minimum Gasteiger partial charge on any atom is -0.462 e. The predicted molar refractivity (Wildman–Crippen MR) is 121 cm³/mol. The third-order valence-electron chi connectivity index (χ3n) is 4.78. The first kappa shape index (κ1) is 22.0. The number of barbiturate groups is 1. The summed E-state index contributed by atoms with van der Waals surface area (Å²) in [5.41, 5.74) is 1.10. The maximum Gasteiger partial charge on any atom is 0.338 e. The van der Waals surface area contributed by atoms with Gasteiger partial charge in [-0.05, 0) is 61.5 Å². The van der Waals surface area contributed by atoms with Crippen LogP contribution in [0.3, 0.4) is 0 Å². The standard InChI is InChI=1S/C24H17ClN2O6/c1-2-32-23(30)15-5-3-14(4-6-15)20-12-11-18(33-20)13-19-21(28)26-24(31)27(22(19)29)17-9-7-16(25)8-10-17/h3-13H,2H2,1H3,(H,26,28,31)/b19-13-. The van der Waals surface area contributed by atoms with Crippen molar-refractivity contribution in [2.24, 2.45) is 0 Å². The maximum absolute atomic E-state index is 12.9. The molecule has 2 heterocycles. The number of nitrogens with one attached hydrogen (secondary N) is 1. The van der Waals surface area contributed by atoms with E-state index in [4.69, 9.17) is 20.8 Å². The number of rotatable bonds is 5. The van der Waals surface area contributed by atoms with Gasteiger partial charge in [-0.1, -0.05) is 23.7 Å². The minimum absolute atomic E-state index is 0.239. The highest BCUT2D eigenvalue weighted by atomic mass is 35.5. The van der Waals surface area contributed by atoms with Crippen molar-refractivity contribution in [1.82, 2.24) is 5.32 Å². The van der Waals surface area contributed by atoms with Crippen molar-refractivity contribution in [3.8, 4) is 11.3 Å². The molecule has 2 aromatic carbocycles. The van der Waals surface area contributed by atoms with Crippen LogP contribution in [0.1, 0.15) is 23.0 Å². The summed E-state index contributed by atoms with van der Waals surface area (Å²) < 4.78 is 10.7. The lowest BCUT2D eigenvalue weighted by Crippen LogP contribution is -2.54. The number of imide groups is 2. The summed E-state index contributed by atoms with van der Waals surface area (Å²) in [7, 11) is 0. The van der Waals surface area contributed by atoms with E-state index < -0.39 is 23.8 Å². The summed E-state index contributed by atoms with van der Waals surface area (Å²) in [5.74, 6) is -1.33. The predicted octanol–water partition coefficient (Wildman–Crippen LogP) is 4.44. The van der Waals surface area contributed by atoms with Crippen LogP contribution in [0.4, 0.5) is 10.5 Å². The van der Waals surface area contributed by atoms with Crippen molar-refractivity contribution in [2.45, 2.75) is 6.92 Å². The highest BCUT2D eigenvalue weighted by Gasteiger charge is 2.37. The highest BCUT2D eigenvalue weighted by molar-refractivity contribution is 6.39. The molecule has 1 N–H and O–H groups in total. The molecule has 166 valence electrons. The van der Waals surface area contributed by atoms with Crippen LogP contribution in [-0.2, 0) is 14.3 Å². The Kier molecular flexibility index (Phi) is 6.10. The van der Waals surface area contributed by atoms with Crippen LogP contribution >= 0.6 is 11.6 Å². The van der Waals surface area contributed by atoms with Gasteiger partial charge in [0.2, 0.25) is 0 Å². The number of ether oxygens (including phenoxy) is 1. The van der Waals surface area contributed by atoms with E-state index in [1.807, 2.05) is 0 Å². The number of halogens is 1. The van der Waals surface area contributed by atoms with Crippen LogP contribution in [0.2, 0.25) is 5.02 Å². The number of furan rings is 1. The average molecular weight is 465 g/mol. The van der Waals surface area contributed by atoms with Gasteiger partial charge in [-0.15, -0.1) is 0 Å². The molecular formula is C24H17ClN2O6. The van der Waals surface area contributed by atoms with E-state index in [0.717, 1.165) is 4.90 Å². The summed E-state index contributed by atoms with van der Waals surface area (Å²) in [6.45, 7) is 2.01. The van der Waals surface area contributed by atoms with Crippen molar-refractivity contribution < 1.29 is 28.3 Å². The van der Waals surface area contributed by atoms with Crippen molar-refractivity contribution >= 4 is 47.2 Å². The normalized spacial score (nSPS) is 15.0. The number of hydrogen-bond acceptors (Lipinski definition) is 6. The molecule has 4 amide bonds. The van der Waals surface area contributed by atoms with Gasteiger partial charge in [-0.3, -0.25) is 14.9 Å². The average Bonchev–Trinajstić information content (AvgIpc) is 3.27. The maximum atomic E-state index is 12.9. The Labute approximate surface area is 193 Å². The van der Waals surface area contributed by atoms with E-state index in [1.165, 1.54) is 30.3 Å². The zero-order chi connectivity index (χ0) is 23.5. The van der Waals surface area contributed by atoms with Gasteiger partial charge in [-0.25, -0.2) is 14.5 Å². The zero-order valence-corrected chi connectivity index (χ0v) is 18.1. The quantitative estimate of drug-likeness (QED) is 0.340. The summed E-state index contributed by atoms with van der Waals surface area (Å²) in [4.78, 5) is 50.2. The number of hydrogen-bond donors (Lipinski definition) is 1. The fraction of sp³-hybridized carbons (Fsp3) is 0.0833. The SMILES string of the molecule is CCOC(=O)c1ccc(-c2ccc(/C=C3/C(=O)NC(=O)N(c4ccc(Cl)cc4)C3=O)o2)cc1. The largest absolute Gasteiger partial charge is 0.462 e. The minimum atomic E-state index is -0.855. The second kappa shape index (κ2) is 9.13. The number of amides is 4. The van der Waals surface area contributed by atoms with Crippen molar-refractivity contribution in [1.29, 1.82) is 0 Å². The molecule has 1 aliphatic rings. The number of urea groups is 1. The summed E-state index contributed by atoms with van der Waals surface area (Å²) in [6.07, 6.45) is 1.27. The number of nitrogens with zero attached hydrogens (tertiary/aromatic N) is 1. The van der Waals surface area contributed by atoms with Gasteiger partial charge in [-0.2, -0.15) is 0 Å². The first-order chi connectivity index (χ1) is 15.9. The molecule has 8 nitrogen and oxygen atoms in total. The first-order valence-corrected chi connectivity index (χ1v) is 10.3. The fourth-order valence-electron chi connectivity index (χ4n) is 3.19. The topological polar surface area (TPSA) is 106 Å². The lowest BCUT2D eigenvalue weighted by Gasteiger charge is -2.26. The number of carbonyl (C=O) groups is 4. The molecule has 33 heavy (non-hydrogen) atoms. The molecule has 0 bridgehead atoms. The molecule has 1 saturated heterocycles. The molecule has 0 radical (unpaired) electrons. The molecule has 1 aliphatic heterocycles. The van der Waals surface area contributed by atoms with E-state index in [2.05, 4.69) is 5.32 Å². The molecule has 0 aliphatic carbocycles. The summed E-state index contributed by atoms with van der Waals surface area (Å²) in [6, 6.07) is 15.1. The number of esters is 1. The third kappa shape index (κ3) is 4.56. The van der Waals surface area contributed by atoms with Crippen LogP contribution < -0.4 is 10.2 Å². The Morgan fingerprint density at radius 3 is 2.39 bits per heavy atom. The van der Waals surface area contributed by atoms with Gasteiger partial charge in [0.15, 0.2) is 0 Å². The van der Waals surface area contributed by atoms with Crippen molar-refractivity contribution in [2.75, 3.05) is 11.5 Å². The van der Waals surface area contributed by atoms with E-state index in [-0.39, 0.29) is 23.6 Å². The summed E-state index contributed by atoms with van der Waals surface area (Å²) >= 11 is 5.87. The van der Waals surface area contributed by atoms with E-state index in [9.17, 15) is 19.2 Å². The lowest BCUT2D eigenvalue weighted by molar-refractivity contribution is -0.122. The van der Waals surface area contributed by atoms with Gasteiger partial charge >= 0.3 is 12.0 Å². The number of benzene rings is 2. The third-order valence-corrected chi connectivity index (χ3v) is 5.03. The van der Waals surface area contributed by atoms with E-state index in [1.54, 1.807) is 43.3 Å². The molecule has 0 unspecified atom stereocenters. The fourth-order valence-corrected chi connectivity index (χ4v) is 3.32. The molecule has 0 saturated carbocycles. The van der Waals surface area contributed by atoms with Gasteiger partial charge < -0.3 is 9.15 Å². The van der Waals surface area contributed by atoms with E-state index >= 15 is 0 Å². The first-order valence-electron chi connectivity index (χ1n) is 9.92. The Bertz CT molecular complexity index is 1280. The van der Waals surface area contributed by atoms with Crippen LogP contribution in [0.15, 0.2) is 70.7 Å². The highest BCUT2D eigenvalue weighted by Crippen LogP contribution is 2.27. The second-order valence-electron chi connectivity index (χ2n) is 6.93. The van der Waals surface area contributed by atoms with Crippen molar-refractivity contribution in [3.05, 3.63) is 82.6 Å². The molecule has 0 spiro atoms. The molecule has 4 rings (SSSR count). The van der Waals surface area contributed by atoms with Gasteiger partial charge in [0.1, 0.15) is 17.1 Å². The molecular weight excluding hydrogens is 448 g/mol. The second-order valence-corrected chi connectivity index (χ2v) is 7.37. The monoisotopic (exact) mass is 464 g/mol. The van der Waals surface area contributed by atoms with E-state index in [0.29, 0.717) is 21.9 Å². The van der Waals surface area contributed by atoms with Gasteiger partial charge in [0.05, 0.1) is 17.9 Å². The molecule has 3 aromatic rings. The molecule has 9 heteroatoms. The van der Waals surface area contributed by atoms with Crippen LogP contribution in [-0.4, -0.2) is 30.4 Å². The van der Waals surface area contributed by atoms with Crippen LogP contribution in [0, 0.1) is 0 Å². The zero-order valence-electron chi connectivity index (χ0n) is 17.3. The smallest absolute Gasteiger partial charge is 0.338 e. The Morgan fingerprint density at radius 2 is 1.73 bits per heavy atom. The number of carbonyl (C=O) groups excluding carboxylic acids is 4. The van der Waals surface area contributed by atoms with Gasteiger partial charge in [0.25, 0.3) is 11.8 Å². The van der Waals surface area contributed by atoms with Crippen molar-refractivity contribution in [3.63, 3.8) is 0 Å². The van der Waals surface area contributed by atoms with Gasteiger partial charge in [0, 0.05) is 10.6 Å². The lowest BCUT2D eigenvalue weighted by atomic mass is 10.1. The molecule has 0 atom stereocenters. The molecule has 1 aromatic heterocycles. The van der Waals surface area contributed by atoms with Crippen LogP contribution in [0.5, 0.6) is 0 Å². The Morgan fingerprint density at radius 1 is 1.03 bits per heavy atom. The Balaban J connectivity index is 1.59.